The molecule has 52 valence electrons. The minimum atomic E-state index is -0.234. The van der Waals surface area contributed by atoms with E-state index in [-0.39, 0.29) is 18.6 Å². The summed E-state index contributed by atoms with van der Waals surface area (Å²) in [6, 6.07) is 0. The summed E-state index contributed by atoms with van der Waals surface area (Å²) < 4.78 is 5.02. The zero-order valence-corrected chi connectivity index (χ0v) is 5.12. The van der Waals surface area contributed by atoms with Crippen molar-refractivity contribution in [3.63, 3.8) is 0 Å². The van der Waals surface area contributed by atoms with Gasteiger partial charge in [0, 0.05) is 12.5 Å². The van der Waals surface area contributed by atoms with Gasteiger partial charge in [0.1, 0.15) is 6.29 Å². The number of aliphatic hydroxyl groups excluding tert-OH is 1. The second-order valence-electron chi connectivity index (χ2n) is 2.18. The molecule has 2 unspecified atom stereocenters. The average molecular weight is 130 g/mol. The van der Waals surface area contributed by atoms with Crippen LogP contribution in [0.15, 0.2) is 0 Å². The summed E-state index contributed by atoms with van der Waals surface area (Å²) in [6.45, 7) is 0.568. The van der Waals surface area contributed by atoms with Gasteiger partial charge in [-0.25, -0.2) is 0 Å². The zero-order chi connectivity index (χ0) is 6.69. The highest BCUT2D eigenvalue weighted by atomic mass is 16.5. The highest BCUT2D eigenvalue weighted by Gasteiger charge is 2.26. The molecule has 0 aromatic rings. The summed E-state index contributed by atoms with van der Waals surface area (Å²) in [5.74, 6) is -0.0741. The molecule has 0 spiro atoms. The Morgan fingerprint density at radius 1 is 1.78 bits per heavy atom. The molecule has 3 heteroatoms. The van der Waals surface area contributed by atoms with Gasteiger partial charge in [-0.2, -0.15) is 0 Å². The van der Waals surface area contributed by atoms with Gasteiger partial charge in [0.15, 0.2) is 0 Å². The van der Waals surface area contributed by atoms with E-state index < -0.39 is 0 Å². The Bertz CT molecular complexity index is 102. The predicted octanol–water partition coefficient (Wildman–Crippen LogP) is -0.417. The Balaban J connectivity index is 2.41. The highest BCUT2D eigenvalue weighted by Crippen LogP contribution is 2.17. The summed E-state index contributed by atoms with van der Waals surface area (Å²) in [4.78, 5) is 10.2. The second-order valence-corrected chi connectivity index (χ2v) is 2.18. The fraction of sp³-hybridized carbons (Fsp3) is 0.833. The van der Waals surface area contributed by atoms with Crippen molar-refractivity contribution in [1.82, 2.24) is 0 Å². The molecule has 1 aliphatic rings. The van der Waals surface area contributed by atoms with E-state index in [2.05, 4.69) is 0 Å². The van der Waals surface area contributed by atoms with Crippen molar-refractivity contribution < 1.29 is 14.6 Å². The van der Waals surface area contributed by atoms with Crippen LogP contribution in [0.4, 0.5) is 0 Å². The van der Waals surface area contributed by atoms with Gasteiger partial charge in [-0.1, -0.05) is 0 Å². The minimum Gasteiger partial charge on any atom is -0.394 e. The number of rotatable bonds is 2. The highest BCUT2D eigenvalue weighted by molar-refractivity contribution is 5.54. The monoisotopic (exact) mass is 130 g/mol. The molecule has 0 amide bonds. The van der Waals surface area contributed by atoms with Gasteiger partial charge in [-0.3, -0.25) is 0 Å². The Hall–Kier alpha value is -0.410. The van der Waals surface area contributed by atoms with Crippen LogP contribution in [0.1, 0.15) is 6.42 Å². The molecule has 0 aliphatic carbocycles. The van der Waals surface area contributed by atoms with Crippen LogP contribution in [0.3, 0.4) is 0 Å². The maximum absolute atomic E-state index is 10.2. The van der Waals surface area contributed by atoms with E-state index in [0.717, 1.165) is 12.7 Å². The van der Waals surface area contributed by atoms with Crippen molar-refractivity contribution in [2.24, 2.45) is 5.92 Å². The first kappa shape index (κ1) is 6.71. The van der Waals surface area contributed by atoms with E-state index in [4.69, 9.17) is 9.84 Å². The van der Waals surface area contributed by atoms with Gasteiger partial charge in [-0.15, -0.1) is 0 Å². The largest absolute Gasteiger partial charge is 0.394 e. The van der Waals surface area contributed by atoms with Crippen LogP contribution >= 0.6 is 0 Å². The van der Waals surface area contributed by atoms with Crippen molar-refractivity contribution in [2.75, 3.05) is 13.2 Å². The first-order valence-electron chi connectivity index (χ1n) is 3.06. The number of hydrogen-bond acceptors (Lipinski definition) is 3. The van der Waals surface area contributed by atoms with Gasteiger partial charge < -0.3 is 14.6 Å². The topological polar surface area (TPSA) is 46.5 Å². The zero-order valence-electron chi connectivity index (χ0n) is 5.12. The van der Waals surface area contributed by atoms with Crippen molar-refractivity contribution in [1.29, 1.82) is 0 Å². The van der Waals surface area contributed by atoms with Gasteiger partial charge in [0.2, 0.25) is 0 Å². The van der Waals surface area contributed by atoms with Gasteiger partial charge >= 0.3 is 0 Å². The summed E-state index contributed by atoms with van der Waals surface area (Å²) in [6.07, 6.45) is 1.38. The third kappa shape index (κ3) is 1.28. The molecule has 0 saturated carbocycles. The molecule has 1 aliphatic heterocycles. The lowest BCUT2D eigenvalue weighted by Crippen LogP contribution is -2.20. The molecule has 3 nitrogen and oxygen atoms in total. The first-order chi connectivity index (χ1) is 4.38. The van der Waals surface area contributed by atoms with Gasteiger partial charge in [0.05, 0.1) is 12.7 Å². The lowest BCUT2D eigenvalue weighted by Gasteiger charge is -2.07. The molecule has 1 saturated heterocycles. The van der Waals surface area contributed by atoms with Crippen LogP contribution in [-0.4, -0.2) is 30.7 Å². The second kappa shape index (κ2) is 2.94. The van der Waals surface area contributed by atoms with Crippen LogP contribution in [-0.2, 0) is 9.53 Å². The summed E-state index contributed by atoms with van der Waals surface area (Å²) in [5.41, 5.74) is 0. The third-order valence-corrected chi connectivity index (χ3v) is 1.62. The van der Waals surface area contributed by atoms with Crippen LogP contribution in [0.5, 0.6) is 0 Å². The maximum atomic E-state index is 10.2. The van der Waals surface area contributed by atoms with Crippen molar-refractivity contribution >= 4 is 6.29 Å². The number of carbonyl (C=O) groups excluding carboxylic acids is 1. The van der Waals surface area contributed by atoms with Gasteiger partial charge in [0.25, 0.3) is 0 Å². The number of aliphatic hydroxyl groups is 1. The fourth-order valence-corrected chi connectivity index (χ4v) is 1.01. The Morgan fingerprint density at radius 2 is 2.56 bits per heavy atom. The summed E-state index contributed by atoms with van der Waals surface area (Å²) >= 11 is 0. The molecule has 1 heterocycles. The van der Waals surface area contributed by atoms with Crippen LogP contribution in [0.2, 0.25) is 0 Å². The molecule has 1 N–H and O–H groups in total. The molecular formula is C6H10O3. The molecule has 1 fully saturated rings. The third-order valence-electron chi connectivity index (χ3n) is 1.62. The number of ether oxygens (including phenoxy) is 1. The van der Waals surface area contributed by atoms with E-state index in [1.165, 1.54) is 0 Å². The quantitative estimate of drug-likeness (QED) is 0.516. The normalized spacial score (nSPS) is 34.8. The molecule has 0 aromatic carbocycles. The van der Waals surface area contributed by atoms with E-state index >= 15 is 0 Å². The van der Waals surface area contributed by atoms with Crippen LogP contribution in [0, 0.1) is 5.92 Å². The lowest BCUT2D eigenvalue weighted by molar-refractivity contribution is -0.113. The SMILES string of the molecule is O=CC1CCOC1CO. The number of aldehydes is 1. The van der Waals surface area contributed by atoms with Crippen molar-refractivity contribution in [3.8, 4) is 0 Å². The Kier molecular flexibility index (Phi) is 2.19. The lowest BCUT2D eigenvalue weighted by atomic mass is 10.1. The first-order valence-corrected chi connectivity index (χ1v) is 3.06. The number of hydrogen-bond donors (Lipinski definition) is 1. The Labute approximate surface area is 53.6 Å². The molecule has 2 atom stereocenters. The van der Waals surface area contributed by atoms with E-state index in [0.29, 0.717) is 6.61 Å². The smallest absolute Gasteiger partial charge is 0.125 e. The van der Waals surface area contributed by atoms with Crippen LogP contribution < -0.4 is 0 Å². The van der Waals surface area contributed by atoms with E-state index in [1.807, 2.05) is 0 Å². The minimum absolute atomic E-state index is 0.0383. The van der Waals surface area contributed by atoms with Crippen molar-refractivity contribution in [3.05, 3.63) is 0 Å². The molecule has 0 radical (unpaired) electrons. The summed E-state index contributed by atoms with van der Waals surface area (Å²) in [7, 11) is 0. The molecule has 0 aromatic heterocycles. The van der Waals surface area contributed by atoms with Crippen LogP contribution in [0.25, 0.3) is 0 Å². The Morgan fingerprint density at radius 3 is 3.00 bits per heavy atom. The number of carbonyl (C=O) groups is 1. The van der Waals surface area contributed by atoms with E-state index in [9.17, 15) is 4.79 Å². The van der Waals surface area contributed by atoms with Gasteiger partial charge in [-0.05, 0) is 6.42 Å². The molecule has 9 heavy (non-hydrogen) atoms. The standard InChI is InChI=1S/C6H10O3/c7-3-5-1-2-9-6(5)4-8/h3,5-6,8H,1-2,4H2. The molecule has 0 bridgehead atoms. The van der Waals surface area contributed by atoms with Crippen molar-refractivity contribution in [2.45, 2.75) is 12.5 Å². The fourth-order valence-electron chi connectivity index (χ4n) is 1.01. The average Bonchev–Trinajstić information content (AvgIpc) is 2.33. The maximum Gasteiger partial charge on any atom is 0.125 e. The molecule has 1 rings (SSSR count). The summed E-state index contributed by atoms with van der Waals surface area (Å²) in [5, 5.41) is 8.58. The molecular weight excluding hydrogens is 120 g/mol. The van der Waals surface area contributed by atoms with E-state index in [1.54, 1.807) is 0 Å². The predicted molar refractivity (Wildman–Crippen MR) is 31.0 cm³/mol.